The molecule has 2 aliphatic rings. The molecule has 2 aromatic rings. The Bertz CT molecular complexity index is 798. The smallest absolute Gasteiger partial charge is 0.254 e. The third-order valence-corrected chi connectivity index (χ3v) is 6.34. The van der Waals surface area contributed by atoms with Crippen LogP contribution in [0.1, 0.15) is 45.8 Å². The van der Waals surface area contributed by atoms with Gasteiger partial charge < -0.3 is 10.2 Å². The Labute approximate surface area is 160 Å². The van der Waals surface area contributed by atoms with Gasteiger partial charge >= 0.3 is 0 Å². The van der Waals surface area contributed by atoms with E-state index in [1.807, 2.05) is 17.0 Å². The van der Waals surface area contributed by atoms with E-state index in [0.29, 0.717) is 5.92 Å². The Hall–Kier alpha value is -1.78. The van der Waals surface area contributed by atoms with Crippen molar-refractivity contribution in [1.29, 1.82) is 0 Å². The standard InChI is InChI=1S/C22H26N2OS/c1-26-21-8-7-20-15-24(11-9-17(20)13-21)22(25)18-5-2-4-16(12-18)19-6-3-10-23-14-19/h2,4-5,7-8,12-13,19,23H,3,6,9-11,14-15H2,1H3/t19-/m1/s1. The molecule has 4 rings (SSSR count). The first-order valence-electron chi connectivity index (χ1n) is 9.50. The predicted molar refractivity (Wildman–Crippen MR) is 108 cm³/mol. The zero-order valence-electron chi connectivity index (χ0n) is 15.3. The molecule has 2 heterocycles. The van der Waals surface area contributed by atoms with Gasteiger partial charge in [-0.05, 0) is 78.9 Å². The monoisotopic (exact) mass is 366 g/mol. The number of rotatable bonds is 3. The second kappa shape index (κ2) is 7.85. The summed E-state index contributed by atoms with van der Waals surface area (Å²) in [5.74, 6) is 0.693. The highest BCUT2D eigenvalue weighted by atomic mass is 32.2. The summed E-state index contributed by atoms with van der Waals surface area (Å²) < 4.78 is 0. The Kier molecular flexibility index (Phi) is 5.32. The largest absolute Gasteiger partial charge is 0.334 e. The molecular weight excluding hydrogens is 340 g/mol. The van der Waals surface area contributed by atoms with Crippen molar-refractivity contribution in [3.05, 3.63) is 64.7 Å². The highest BCUT2D eigenvalue weighted by molar-refractivity contribution is 7.98. The summed E-state index contributed by atoms with van der Waals surface area (Å²) in [5.41, 5.74) is 4.81. The van der Waals surface area contributed by atoms with Gasteiger partial charge in [-0.1, -0.05) is 18.2 Å². The molecule has 1 N–H and O–H groups in total. The lowest BCUT2D eigenvalue weighted by molar-refractivity contribution is 0.0734. The molecule has 1 fully saturated rings. The molecule has 4 heteroatoms. The van der Waals surface area contributed by atoms with E-state index < -0.39 is 0 Å². The number of nitrogens with one attached hydrogen (secondary N) is 1. The molecule has 2 aromatic carbocycles. The quantitative estimate of drug-likeness (QED) is 0.831. The Balaban J connectivity index is 1.51. The van der Waals surface area contributed by atoms with Crippen molar-refractivity contribution >= 4 is 17.7 Å². The molecule has 0 saturated carbocycles. The molecule has 2 aliphatic heterocycles. The molecular formula is C22H26N2OS. The number of benzene rings is 2. The molecule has 0 aromatic heterocycles. The van der Waals surface area contributed by atoms with Crippen LogP contribution in [0, 0.1) is 0 Å². The van der Waals surface area contributed by atoms with Crippen LogP contribution in [0.15, 0.2) is 47.4 Å². The zero-order chi connectivity index (χ0) is 17.9. The van der Waals surface area contributed by atoms with E-state index in [4.69, 9.17) is 0 Å². The first kappa shape index (κ1) is 17.6. The summed E-state index contributed by atoms with van der Waals surface area (Å²) in [7, 11) is 0. The second-order valence-electron chi connectivity index (χ2n) is 7.28. The first-order chi connectivity index (χ1) is 12.7. The van der Waals surface area contributed by atoms with E-state index >= 15 is 0 Å². The van der Waals surface area contributed by atoms with Gasteiger partial charge in [-0.3, -0.25) is 4.79 Å². The molecule has 0 spiro atoms. The molecule has 3 nitrogen and oxygen atoms in total. The van der Waals surface area contributed by atoms with Gasteiger partial charge in [0.1, 0.15) is 0 Å². The van der Waals surface area contributed by atoms with Crippen LogP contribution in [0.25, 0.3) is 0 Å². The van der Waals surface area contributed by atoms with Crippen molar-refractivity contribution in [2.24, 2.45) is 0 Å². The minimum atomic E-state index is 0.162. The van der Waals surface area contributed by atoms with Gasteiger partial charge in [-0.25, -0.2) is 0 Å². The number of carbonyl (C=O) groups is 1. The summed E-state index contributed by atoms with van der Waals surface area (Å²) in [6.07, 6.45) is 5.47. The second-order valence-corrected chi connectivity index (χ2v) is 8.16. The fourth-order valence-corrected chi connectivity index (χ4v) is 4.54. The molecule has 1 atom stereocenters. The van der Waals surface area contributed by atoms with Crippen LogP contribution >= 0.6 is 11.8 Å². The zero-order valence-corrected chi connectivity index (χ0v) is 16.1. The molecule has 0 unspecified atom stereocenters. The average molecular weight is 367 g/mol. The van der Waals surface area contributed by atoms with Gasteiger partial charge in [0.25, 0.3) is 5.91 Å². The van der Waals surface area contributed by atoms with Crippen molar-refractivity contribution in [3.63, 3.8) is 0 Å². The number of fused-ring (bicyclic) bond motifs is 1. The van der Waals surface area contributed by atoms with Crippen LogP contribution in [0.5, 0.6) is 0 Å². The van der Waals surface area contributed by atoms with E-state index in [0.717, 1.165) is 38.2 Å². The van der Waals surface area contributed by atoms with Gasteiger partial charge in [0, 0.05) is 30.1 Å². The third-order valence-electron chi connectivity index (χ3n) is 5.61. The average Bonchev–Trinajstić information content (AvgIpc) is 2.73. The normalized spacial score (nSPS) is 19.9. The van der Waals surface area contributed by atoms with Gasteiger partial charge in [0.2, 0.25) is 0 Å². The van der Waals surface area contributed by atoms with E-state index in [1.165, 1.54) is 34.4 Å². The molecule has 1 saturated heterocycles. The number of hydrogen-bond acceptors (Lipinski definition) is 3. The molecule has 136 valence electrons. The van der Waals surface area contributed by atoms with Gasteiger partial charge in [-0.2, -0.15) is 0 Å². The third kappa shape index (κ3) is 3.67. The SMILES string of the molecule is CSc1ccc2c(c1)CCN(C(=O)c1cccc([C@@H]3CCCNC3)c1)C2. The number of nitrogens with zero attached hydrogens (tertiary/aromatic N) is 1. The maximum Gasteiger partial charge on any atom is 0.254 e. The van der Waals surface area contributed by atoms with Crippen LogP contribution < -0.4 is 5.32 Å². The first-order valence-corrected chi connectivity index (χ1v) is 10.7. The molecule has 26 heavy (non-hydrogen) atoms. The summed E-state index contributed by atoms with van der Waals surface area (Å²) in [6.45, 7) is 3.66. The van der Waals surface area contributed by atoms with Gasteiger partial charge in [0.15, 0.2) is 0 Å². The van der Waals surface area contributed by atoms with E-state index in [-0.39, 0.29) is 5.91 Å². The van der Waals surface area contributed by atoms with E-state index in [9.17, 15) is 4.79 Å². The topological polar surface area (TPSA) is 32.3 Å². The number of piperidine rings is 1. The fourth-order valence-electron chi connectivity index (χ4n) is 4.07. The van der Waals surface area contributed by atoms with Gasteiger partial charge in [0.05, 0.1) is 0 Å². The number of hydrogen-bond donors (Lipinski definition) is 1. The fraction of sp³-hybridized carbons (Fsp3) is 0.409. The highest BCUT2D eigenvalue weighted by Gasteiger charge is 2.23. The maximum atomic E-state index is 13.1. The summed E-state index contributed by atoms with van der Waals surface area (Å²) in [4.78, 5) is 16.4. The van der Waals surface area contributed by atoms with Crippen molar-refractivity contribution in [2.45, 2.75) is 36.6 Å². The summed E-state index contributed by atoms with van der Waals surface area (Å²) in [6, 6.07) is 14.9. The lowest BCUT2D eigenvalue weighted by Gasteiger charge is -2.30. The van der Waals surface area contributed by atoms with Crippen molar-refractivity contribution in [3.8, 4) is 0 Å². The molecule has 0 bridgehead atoms. The predicted octanol–water partition coefficient (Wildman–Crippen LogP) is 4.07. The Morgan fingerprint density at radius 3 is 2.92 bits per heavy atom. The minimum absolute atomic E-state index is 0.162. The van der Waals surface area contributed by atoms with Crippen LogP contribution in [0.4, 0.5) is 0 Å². The van der Waals surface area contributed by atoms with E-state index in [2.05, 4.69) is 41.9 Å². The van der Waals surface area contributed by atoms with Crippen molar-refractivity contribution in [1.82, 2.24) is 10.2 Å². The minimum Gasteiger partial charge on any atom is -0.334 e. The van der Waals surface area contributed by atoms with Crippen LogP contribution in [-0.4, -0.2) is 36.7 Å². The lowest BCUT2D eigenvalue weighted by atomic mass is 9.90. The lowest BCUT2D eigenvalue weighted by Crippen LogP contribution is -2.36. The Morgan fingerprint density at radius 1 is 1.19 bits per heavy atom. The highest BCUT2D eigenvalue weighted by Crippen LogP contribution is 2.27. The number of carbonyl (C=O) groups excluding carboxylic acids is 1. The van der Waals surface area contributed by atoms with Crippen molar-refractivity contribution in [2.75, 3.05) is 25.9 Å². The van der Waals surface area contributed by atoms with Crippen molar-refractivity contribution < 1.29 is 4.79 Å². The Morgan fingerprint density at radius 2 is 2.12 bits per heavy atom. The van der Waals surface area contributed by atoms with Crippen LogP contribution in [-0.2, 0) is 13.0 Å². The summed E-state index contributed by atoms with van der Waals surface area (Å²) >= 11 is 1.77. The number of amides is 1. The number of thioether (sulfide) groups is 1. The maximum absolute atomic E-state index is 13.1. The molecule has 0 radical (unpaired) electrons. The van der Waals surface area contributed by atoms with Crippen LogP contribution in [0.3, 0.4) is 0 Å². The van der Waals surface area contributed by atoms with E-state index in [1.54, 1.807) is 11.8 Å². The molecule has 0 aliphatic carbocycles. The molecule has 1 amide bonds. The summed E-state index contributed by atoms with van der Waals surface area (Å²) in [5, 5.41) is 3.47. The van der Waals surface area contributed by atoms with Crippen LogP contribution in [0.2, 0.25) is 0 Å². The van der Waals surface area contributed by atoms with Gasteiger partial charge in [-0.15, -0.1) is 11.8 Å².